The Bertz CT molecular complexity index is 486. The summed E-state index contributed by atoms with van der Waals surface area (Å²) in [6.07, 6.45) is 2.89. The summed E-state index contributed by atoms with van der Waals surface area (Å²) in [5, 5.41) is 2.01. The monoisotopic (exact) mass is 260 g/mol. The van der Waals surface area contributed by atoms with E-state index in [1.807, 2.05) is 41.8 Å². The molecule has 1 nitrogen and oxygen atoms in total. The molecular weight excluding hydrogens is 248 g/mol. The normalized spacial score (nSPS) is 11.4. The number of carbonyl (C=O) groups is 1. The molecule has 0 N–H and O–H groups in total. The summed E-state index contributed by atoms with van der Waals surface area (Å²) in [6, 6.07) is 14.1. The summed E-state index contributed by atoms with van der Waals surface area (Å²) >= 11 is 3.32. The van der Waals surface area contributed by atoms with Crippen molar-refractivity contribution in [3.05, 3.63) is 58.3 Å². The maximum absolute atomic E-state index is 11.0. The van der Waals surface area contributed by atoms with Crippen LogP contribution in [0.15, 0.2) is 58.3 Å². The van der Waals surface area contributed by atoms with E-state index in [0.29, 0.717) is 5.75 Å². The minimum absolute atomic E-state index is 0.714. The third-order valence-electron chi connectivity index (χ3n) is 2.17. The van der Waals surface area contributed by atoms with Crippen molar-refractivity contribution in [3.8, 4) is 0 Å². The van der Waals surface area contributed by atoms with Gasteiger partial charge in [-0.1, -0.05) is 24.3 Å². The van der Waals surface area contributed by atoms with E-state index in [9.17, 15) is 4.79 Å². The first-order valence-corrected chi connectivity index (χ1v) is 7.12. The Balaban J connectivity index is 1.99. The van der Waals surface area contributed by atoms with E-state index in [4.69, 9.17) is 0 Å². The Hall–Kier alpha value is -1.32. The van der Waals surface area contributed by atoms with Crippen LogP contribution in [0.2, 0.25) is 0 Å². The number of aldehydes is 1. The average molecular weight is 260 g/mol. The highest BCUT2D eigenvalue weighted by atomic mass is 32.2. The fourth-order valence-corrected chi connectivity index (χ4v) is 2.87. The lowest BCUT2D eigenvalue weighted by Crippen LogP contribution is -1.88. The van der Waals surface area contributed by atoms with Crippen LogP contribution in [0.4, 0.5) is 0 Å². The van der Waals surface area contributed by atoms with Gasteiger partial charge in [0.2, 0.25) is 0 Å². The van der Waals surface area contributed by atoms with E-state index in [-0.39, 0.29) is 0 Å². The van der Waals surface area contributed by atoms with Crippen molar-refractivity contribution in [2.45, 2.75) is 4.90 Å². The average Bonchev–Trinajstić information content (AvgIpc) is 2.88. The summed E-state index contributed by atoms with van der Waals surface area (Å²) < 4.78 is 0. The standard InChI is InChI=1S/C14H12OS2/c15-10-12(9-14-7-4-8-16-14)11-17-13-5-2-1-3-6-13/h1-10H,11H2/b12-9+. The summed E-state index contributed by atoms with van der Waals surface area (Å²) in [6.45, 7) is 0. The van der Waals surface area contributed by atoms with Gasteiger partial charge in [-0.05, 0) is 29.7 Å². The second-order valence-corrected chi connectivity index (χ2v) is 5.48. The Morgan fingerprint density at radius 1 is 1.18 bits per heavy atom. The lowest BCUT2D eigenvalue weighted by atomic mass is 10.3. The van der Waals surface area contributed by atoms with E-state index in [2.05, 4.69) is 12.1 Å². The smallest absolute Gasteiger partial charge is 0.146 e. The molecule has 2 aromatic rings. The first kappa shape index (κ1) is 12.1. The van der Waals surface area contributed by atoms with Crippen LogP contribution < -0.4 is 0 Å². The molecule has 0 fully saturated rings. The van der Waals surface area contributed by atoms with Crippen molar-refractivity contribution >= 4 is 35.5 Å². The van der Waals surface area contributed by atoms with Crippen molar-refractivity contribution in [2.75, 3.05) is 5.75 Å². The lowest BCUT2D eigenvalue weighted by Gasteiger charge is -2.00. The molecule has 0 saturated carbocycles. The molecule has 1 aromatic heterocycles. The minimum Gasteiger partial charge on any atom is -0.298 e. The summed E-state index contributed by atoms with van der Waals surface area (Å²) in [5.74, 6) is 0.714. The van der Waals surface area contributed by atoms with Gasteiger partial charge in [-0.15, -0.1) is 23.1 Å². The van der Waals surface area contributed by atoms with Gasteiger partial charge >= 0.3 is 0 Å². The van der Waals surface area contributed by atoms with Crippen molar-refractivity contribution in [1.29, 1.82) is 0 Å². The first-order valence-electron chi connectivity index (χ1n) is 5.25. The number of hydrogen-bond donors (Lipinski definition) is 0. The molecule has 86 valence electrons. The number of carbonyl (C=O) groups excluding carboxylic acids is 1. The summed E-state index contributed by atoms with van der Waals surface area (Å²) in [4.78, 5) is 13.3. The zero-order valence-electron chi connectivity index (χ0n) is 9.21. The highest BCUT2D eigenvalue weighted by Crippen LogP contribution is 2.21. The first-order chi connectivity index (χ1) is 8.38. The van der Waals surface area contributed by atoms with Crippen LogP contribution in [0.3, 0.4) is 0 Å². The number of thiophene rings is 1. The molecule has 0 saturated heterocycles. The third-order valence-corrected chi connectivity index (χ3v) is 4.07. The van der Waals surface area contributed by atoms with E-state index in [0.717, 1.165) is 16.7 Å². The molecule has 0 aliphatic heterocycles. The second-order valence-electron chi connectivity index (χ2n) is 3.45. The molecule has 0 unspecified atom stereocenters. The maximum atomic E-state index is 11.0. The highest BCUT2D eigenvalue weighted by Gasteiger charge is 1.99. The predicted octanol–water partition coefficient (Wildman–Crippen LogP) is 4.12. The van der Waals surface area contributed by atoms with E-state index in [1.54, 1.807) is 23.1 Å². The number of benzene rings is 1. The van der Waals surface area contributed by atoms with Gasteiger partial charge in [0.05, 0.1) is 0 Å². The molecule has 0 aliphatic carbocycles. The zero-order valence-corrected chi connectivity index (χ0v) is 10.8. The van der Waals surface area contributed by atoms with Gasteiger partial charge in [0.1, 0.15) is 6.29 Å². The Kier molecular flexibility index (Phi) is 4.59. The van der Waals surface area contributed by atoms with Crippen LogP contribution in [0, 0.1) is 0 Å². The molecule has 1 heterocycles. The van der Waals surface area contributed by atoms with Gasteiger partial charge in [0.15, 0.2) is 0 Å². The second kappa shape index (κ2) is 6.42. The molecule has 0 radical (unpaired) electrons. The molecule has 1 aromatic carbocycles. The fourth-order valence-electron chi connectivity index (χ4n) is 1.35. The molecule has 0 spiro atoms. The molecule has 0 aliphatic rings. The quantitative estimate of drug-likeness (QED) is 0.457. The zero-order chi connectivity index (χ0) is 11.9. The molecule has 3 heteroatoms. The van der Waals surface area contributed by atoms with Crippen LogP contribution >= 0.6 is 23.1 Å². The van der Waals surface area contributed by atoms with Crippen molar-refractivity contribution < 1.29 is 4.79 Å². The van der Waals surface area contributed by atoms with Gasteiger partial charge < -0.3 is 0 Å². The van der Waals surface area contributed by atoms with Crippen LogP contribution in [0.1, 0.15) is 4.88 Å². The third kappa shape index (κ3) is 3.88. The topological polar surface area (TPSA) is 17.1 Å². The van der Waals surface area contributed by atoms with Crippen LogP contribution in [0.5, 0.6) is 0 Å². The van der Waals surface area contributed by atoms with Gasteiger partial charge in [-0.3, -0.25) is 4.79 Å². The van der Waals surface area contributed by atoms with E-state index < -0.39 is 0 Å². The minimum atomic E-state index is 0.714. The SMILES string of the molecule is O=C/C(=C\c1cccs1)CSc1ccccc1. The Morgan fingerprint density at radius 3 is 2.65 bits per heavy atom. The lowest BCUT2D eigenvalue weighted by molar-refractivity contribution is -0.104. The molecular formula is C14H12OS2. The Labute approximate surface area is 109 Å². The highest BCUT2D eigenvalue weighted by molar-refractivity contribution is 7.99. The predicted molar refractivity (Wildman–Crippen MR) is 75.5 cm³/mol. The van der Waals surface area contributed by atoms with Crippen molar-refractivity contribution in [1.82, 2.24) is 0 Å². The number of thioether (sulfide) groups is 1. The summed E-state index contributed by atoms with van der Waals surface area (Å²) in [5.41, 5.74) is 0.821. The van der Waals surface area contributed by atoms with E-state index in [1.165, 1.54) is 4.90 Å². The number of rotatable bonds is 5. The van der Waals surface area contributed by atoms with Crippen LogP contribution in [-0.4, -0.2) is 12.0 Å². The summed E-state index contributed by atoms with van der Waals surface area (Å²) in [7, 11) is 0. The molecule has 2 rings (SSSR count). The largest absolute Gasteiger partial charge is 0.298 e. The van der Waals surface area contributed by atoms with Crippen LogP contribution in [0.25, 0.3) is 6.08 Å². The van der Waals surface area contributed by atoms with Gasteiger partial charge in [-0.25, -0.2) is 0 Å². The Morgan fingerprint density at radius 2 is 2.00 bits per heavy atom. The number of hydrogen-bond acceptors (Lipinski definition) is 3. The maximum Gasteiger partial charge on any atom is 0.146 e. The van der Waals surface area contributed by atoms with Crippen molar-refractivity contribution in [2.24, 2.45) is 0 Å². The molecule has 0 bridgehead atoms. The van der Waals surface area contributed by atoms with Crippen molar-refractivity contribution in [3.63, 3.8) is 0 Å². The van der Waals surface area contributed by atoms with E-state index >= 15 is 0 Å². The van der Waals surface area contributed by atoms with Gasteiger partial charge in [0.25, 0.3) is 0 Å². The molecule has 17 heavy (non-hydrogen) atoms. The van der Waals surface area contributed by atoms with Gasteiger partial charge in [-0.2, -0.15) is 0 Å². The molecule has 0 amide bonds. The fraction of sp³-hybridized carbons (Fsp3) is 0.0714. The van der Waals surface area contributed by atoms with Crippen LogP contribution in [-0.2, 0) is 4.79 Å². The molecule has 0 atom stereocenters. The van der Waals surface area contributed by atoms with Gasteiger partial charge in [0, 0.05) is 21.1 Å².